The molecule has 0 aliphatic carbocycles. The molecule has 0 unspecified atom stereocenters. The largest absolute Gasteiger partial charge is 0.477 e. The van der Waals surface area contributed by atoms with E-state index in [-0.39, 0.29) is 64.2 Å². The molecule has 1 aliphatic rings. The lowest BCUT2D eigenvalue weighted by Gasteiger charge is -2.20. The highest BCUT2D eigenvalue weighted by atomic mass is 32.1. The lowest BCUT2D eigenvalue weighted by atomic mass is 10.0. The van der Waals surface area contributed by atoms with Gasteiger partial charge in [0.05, 0.1) is 12.6 Å². The molecule has 0 fully saturated rings. The zero-order chi connectivity index (χ0) is 37.4. The van der Waals surface area contributed by atoms with E-state index in [4.69, 9.17) is 8.83 Å². The predicted molar refractivity (Wildman–Crippen MR) is 186 cm³/mol. The van der Waals surface area contributed by atoms with Gasteiger partial charge in [-0.2, -0.15) is 0 Å². The van der Waals surface area contributed by atoms with Gasteiger partial charge in [0.2, 0.25) is 17.7 Å². The van der Waals surface area contributed by atoms with Gasteiger partial charge in [0.15, 0.2) is 5.69 Å². The molecule has 3 atom stereocenters. The van der Waals surface area contributed by atoms with Crippen LogP contribution in [0.2, 0.25) is 0 Å². The first-order valence-corrected chi connectivity index (χ1v) is 17.8. The summed E-state index contributed by atoms with van der Waals surface area (Å²) in [6.07, 6.45) is 0. The average molecular weight is 748 g/mol. The summed E-state index contributed by atoms with van der Waals surface area (Å²) in [5, 5.41) is 24.6. The smallest absolute Gasteiger partial charge is 0.354 e. The molecule has 5 aromatic heterocycles. The van der Waals surface area contributed by atoms with Crippen molar-refractivity contribution in [2.75, 3.05) is 0 Å². The summed E-state index contributed by atoms with van der Waals surface area (Å²) in [5.74, 6) is -3.08. The van der Waals surface area contributed by atoms with Gasteiger partial charge in [-0.05, 0) is 45.7 Å². The summed E-state index contributed by atoms with van der Waals surface area (Å²) >= 11 is 2.29. The molecular formula is C33H33N9O8S2. The van der Waals surface area contributed by atoms with Crippen LogP contribution in [0.3, 0.4) is 0 Å². The van der Waals surface area contributed by atoms with Crippen molar-refractivity contribution >= 4 is 52.3 Å². The third kappa shape index (κ3) is 7.31. The van der Waals surface area contributed by atoms with Crippen molar-refractivity contribution in [1.29, 1.82) is 0 Å². The Bertz CT molecular complexity index is 2220. The van der Waals surface area contributed by atoms with Crippen molar-refractivity contribution in [2.45, 2.75) is 66.2 Å². The SMILES string of the molecule is Cc1oc2nc1C(=O)N[C@@H](C)c1nc(cs1)C(=O)N[C@@H](C)c1nc(c(C)o1)-c1nc(C(=O)O)ccc1-c1nc(cs1)C(=O)N[C@@H](C(C)C)C(=O)NC2. The number of aromatic carboxylic acids is 1. The molecule has 0 radical (unpaired) electrons. The van der Waals surface area contributed by atoms with Crippen LogP contribution in [0.4, 0.5) is 0 Å². The molecule has 17 nitrogen and oxygen atoms in total. The number of rotatable bonds is 2. The van der Waals surface area contributed by atoms with E-state index in [1.54, 1.807) is 46.9 Å². The van der Waals surface area contributed by atoms with Crippen LogP contribution in [0.1, 0.15) is 110 Å². The number of carboxylic acids is 1. The van der Waals surface area contributed by atoms with Crippen molar-refractivity contribution in [1.82, 2.24) is 46.2 Å². The molecule has 5 N–H and O–H groups in total. The third-order valence-electron chi connectivity index (χ3n) is 8.02. The number of aromatic nitrogens is 5. The minimum absolute atomic E-state index is 0.0143. The summed E-state index contributed by atoms with van der Waals surface area (Å²) < 4.78 is 11.6. The number of hydrogen-bond donors (Lipinski definition) is 5. The van der Waals surface area contributed by atoms with Crippen molar-refractivity contribution in [3.05, 3.63) is 74.0 Å². The Labute approximate surface area is 303 Å². The van der Waals surface area contributed by atoms with E-state index in [9.17, 15) is 29.1 Å². The van der Waals surface area contributed by atoms with E-state index in [0.717, 1.165) is 11.3 Å². The number of carbonyl (C=O) groups excluding carboxylic acids is 4. The molecule has 0 aromatic carbocycles. The van der Waals surface area contributed by atoms with Gasteiger partial charge in [-0.25, -0.2) is 29.7 Å². The van der Waals surface area contributed by atoms with E-state index in [1.165, 1.54) is 28.8 Å². The first-order chi connectivity index (χ1) is 24.7. The van der Waals surface area contributed by atoms with Gasteiger partial charge in [0.25, 0.3) is 17.7 Å². The second-order valence-electron chi connectivity index (χ2n) is 12.3. The maximum Gasteiger partial charge on any atom is 0.354 e. The highest BCUT2D eigenvalue weighted by Gasteiger charge is 2.29. The fourth-order valence-corrected chi connectivity index (χ4v) is 6.90. The minimum Gasteiger partial charge on any atom is -0.477 e. The second kappa shape index (κ2) is 14.4. The van der Waals surface area contributed by atoms with E-state index in [0.29, 0.717) is 21.3 Å². The Morgan fingerprint density at radius 2 is 1.48 bits per heavy atom. The van der Waals surface area contributed by atoms with Gasteiger partial charge < -0.3 is 35.2 Å². The second-order valence-corrected chi connectivity index (χ2v) is 14.0. The molecule has 0 saturated carbocycles. The van der Waals surface area contributed by atoms with Gasteiger partial charge in [-0.3, -0.25) is 19.2 Å². The normalized spacial score (nSPS) is 18.6. The molecule has 52 heavy (non-hydrogen) atoms. The Hall–Kier alpha value is -5.82. The summed E-state index contributed by atoms with van der Waals surface area (Å²) in [5.41, 5.74) is 0.607. The number of carbonyl (C=O) groups is 5. The first-order valence-electron chi connectivity index (χ1n) is 16.0. The Balaban J connectivity index is 1.39. The Kier molecular flexibility index (Phi) is 9.99. The van der Waals surface area contributed by atoms with E-state index in [2.05, 4.69) is 46.2 Å². The average Bonchev–Trinajstić information content (AvgIpc) is 3.91. The monoisotopic (exact) mass is 747 g/mol. The molecule has 6 heterocycles. The van der Waals surface area contributed by atoms with E-state index >= 15 is 0 Å². The molecule has 6 rings (SSSR count). The van der Waals surface area contributed by atoms with Crippen molar-refractivity contribution in [2.24, 2.45) is 5.92 Å². The predicted octanol–water partition coefficient (Wildman–Crippen LogP) is 3.99. The van der Waals surface area contributed by atoms with Crippen molar-refractivity contribution < 1.29 is 37.9 Å². The topological polar surface area (TPSA) is 244 Å². The highest BCUT2D eigenvalue weighted by Crippen LogP contribution is 2.35. The molecule has 5 aromatic rings. The maximum atomic E-state index is 13.4. The van der Waals surface area contributed by atoms with Gasteiger partial charge in [0, 0.05) is 16.3 Å². The van der Waals surface area contributed by atoms with Gasteiger partial charge in [-0.1, -0.05) is 13.8 Å². The van der Waals surface area contributed by atoms with Crippen LogP contribution in [0, 0.1) is 19.8 Å². The number of amides is 4. The van der Waals surface area contributed by atoms with Crippen LogP contribution in [-0.2, 0) is 11.3 Å². The minimum atomic E-state index is -1.27. The molecule has 270 valence electrons. The number of nitrogens with zero attached hydrogens (tertiary/aromatic N) is 5. The number of aryl methyl sites for hydroxylation is 2. The van der Waals surface area contributed by atoms with Crippen LogP contribution in [-0.4, -0.2) is 65.7 Å². The number of carboxylic acid groups (broad SMARTS) is 1. The van der Waals surface area contributed by atoms with Crippen LogP contribution >= 0.6 is 22.7 Å². The first kappa shape index (κ1) is 36.0. The number of oxazole rings is 2. The molecular weight excluding hydrogens is 715 g/mol. The maximum absolute atomic E-state index is 13.4. The van der Waals surface area contributed by atoms with Crippen LogP contribution in [0.5, 0.6) is 0 Å². The fraction of sp³-hybridized carbons (Fsp3) is 0.333. The summed E-state index contributed by atoms with van der Waals surface area (Å²) in [7, 11) is 0. The fourth-order valence-electron chi connectivity index (χ4n) is 5.27. The zero-order valence-corrected chi connectivity index (χ0v) is 30.3. The number of pyridine rings is 1. The molecule has 0 spiro atoms. The summed E-state index contributed by atoms with van der Waals surface area (Å²) in [6, 6.07) is 0.510. The van der Waals surface area contributed by atoms with Crippen LogP contribution in [0.15, 0.2) is 31.7 Å². The van der Waals surface area contributed by atoms with E-state index < -0.39 is 47.7 Å². The molecule has 4 amide bonds. The number of fused-ring (bicyclic) bond motifs is 11. The van der Waals surface area contributed by atoms with Crippen LogP contribution < -0.4 is 21.3 Å². The molecule has 0 saturated heterocycles. The van der Waals surface area contributed by atoms with Crippen molar-refractivity contribution in [3.8, 4) is 22.0 Å². The zero-order valence-electron chi connectivity index (χ0n) is 28.7. The standard InChI is InChI=1S/C33H33N9O8S2/c1-12(2)22-28(45)34-9-21-40-24(16(6)49-21)29(46)36-14(4)31-38-19(10-51-31)26(43)35-13(3)30-42-23(15(5)50-30)25-17(7-8-18(37-25)33(47)48)32-39-20(11-52-32)27(44)41-22/h7-8,10-14,22H,9H2,1-6H3,(H,34,45)(H,35,43)(H,36,46)(H,41,44)(H,47,48)/t13-,14-,22-/m0/s1. The van der Waals surface area contributed by atoms with Crippen LogP contribution in [0.25, 0.3) is 22.0 Å². The number of thiazole rings is 2. The summed E-state index contributed by atoms with van der Waals surface area (Å²) in [4.78, 5) is 87.0. The van der Waals surface area contributed by atoms with Crippen molar-refractivity contribution in [3.63, 3.8) is 0 Å². The number of hydrogen-bond acceptors (Lipinski definition) is 14. The van der Waals surface area contributed by atoms with E-state index in [1.807, 2.05) is 0 Å². The highest BCUT2D eigenvalue weighted by molar-refractivity contribution is 7.13. The molecule has 1 aliphatic heterocycles. The Morgan fingerprint density at radius 1 is 0.808 bits per heavy atom. The summed E-state index contributed by atoms with van der Waals surface area (Å²) in [6.45, 7) is 9.93. The quantitative estimate of drug-likeness (QED) is 0.172. The lowest BCUT2D eigenvalue weighted by Crippen LogP contribution is -2.49. The Morgan fingerprint density at radius 3 is 2.21 bits per heavy atom. The van der Waals surface area contributed by atoms with Gasteiger partial charge in [0.1, 0.15) is 62.1 Å². The molecule has 8 bridgehead atoms. The third-order valence-corrected chi connectivity index (χ3v) is 9.92. The van der Waals surface area contributed by atoms with Gasteiger partial charge in [-0.15, -0.1) is 22.7 Å². The van der Waals surface area contributed by atoms with Gasteiger partial charge >= 0.3 is 5.97 Å². The lowest BCUT2D eigenvalue weighted by molar-refractivity contribution is -0.124. The number of nitrogens with one attached hydrogen (secondary N) is 4. The molecule has 19 heteroatoms.